The maximum atomic E-state index is 9.54. The number of epoxide rings is 1. The van der Waals surface area contributed by atoms with Crippen LogP contribution in [-0.4, -0.2) is 13.2 Å². The van der Waals surface area contributed by atoms with E-state index in [0.29, 0.717) is 5.75 Å². The lowest BCUT2D eigenvalue weighted by Crippen LogP contribution is -2.26. The Morgan fingerprint density at radius 2 is 1.90 bits per heavy atom. The van der Waals surface area contributed by atoms with E-state index >= 15 is 0 Å². The molecule has 21 heavy (non-hydrogen) atoms. The van der Waals surface area contributed by atoms with Crippen LogP contribution in [0.2, 0.25) is 0 Å². The van der Waals surface area contributed by atoms with E-state index < -0.39 is 5.60 Å². The predicted molar refractivity (Wildman–Crippen MR) is 75.0 cm³/mol. The van der Waals surface area contributed by atoms with Crippen LogP contribution in [0.1, 0.15) is 17.2 Å². The standard InChI is InChI=1S/C17H13NO3/c1-19-12-8-6-11(7-9-12)15-16-17(10-18,21-16)13-4-2-3-5-14(13)20-15/h2-9,15-16H,1H3/t15-,16+,17-/m1/s1. The van der Waals surface area contributed by atoms with Gasteiger partial charge in [-0.3, -0.25) is 0 Å². The van der Waals surface area contributed by atoms with Crippen molar-refractivity contribution in [1.29, 1.82) is 5.26 Å². The summed E-state index contributed by atoms with van der Waals surface area (Å²) >= 11 is 0. The van der Waals surface area contributed by atoms with Gasteiger partial charge >= 0.3 is 0 Å². The van der Waals surface area contributed by atoms with Gasteiger partial charge in [0.2, 0.25) is 5.60 Å². The van der Waals surface area contributed by atoms with E-state index in [2.05, 4.69) is 6.07 Å². The van der Waals surface area contributed by atoms with Crippen molar-refractivity contribution in [1.82, 2.24) is 0 Å². The Morgan fingerprint density at radius 1 is 1.14 bits per heavy atom. The van der Waals surface area contributed by atoms with E-state index in [1.54, 1.807) is 7.11 Å². The van der Waals surface area contributed by atoms with Crippen LogP contribution in [-0.2, 0) is 10.3 Å². The normalized spacial score (nSPS) is 28.6. The Morgan fingerprint density at radius 3 is 2.62 bits per heavy atom. The van der Waals surface area contributed by atoms with E-state index in [1.807, 2.05) is 48.5 Å². The number of fused-ring (bicyclic) bond motifs is 3. The predicted octanol–water partition coefficient (Wildman–Crippen LogP) is 2.95. The summed E-state index contributed by atoms with van der Waals surface area (Å²) in [5.41, 5.74) is 0.939. The Labute approximate surface area is 122 Å². The van der Waals surface area contributed by atoms with Crippen LogP contribution in [0.4, 0.5) is 0 Å². The molecule has 104 valence electrons. The molecule has 0 unspecified atom stereocenters. The number of nitriles is 1. The molecule has 0 bridgehead atoms. The van der Waals surface area contributed by atoms with Crippen molar-refractivity contribution in [3.63, 3.8) is 0 Å². The number of hydrogen-bond donors (Lipinski definition) is 0. The number of nitrogens with zero attached hydrogens (tertiary/aromatic N) is 1. The Bertz CT molecular complexity index is 734. The van der Waals surface area contributed by atoms with E-state index in [4.69, 9.17) is 14.2 Å². The number of benzene rings is 2. The highest BCUT2D eigenvalue weighted by atomic mass is 16.6. The zero-order valence-corrected chi connectivity index (χ0v) is 11.4. The smallest absolute Gasteiger partial charge is 0.213 e. The molecule has 2 aromatic rings. The molecular weight excluding hydrogens is 266 g/mol. The Balaban J connectivity index is 1.75. The second-order valence-corrected chi connectivity index (χ2v) is 5.19. The van der Waals surface area contributed by atoms with Crippen molar-refractivity contribution >= 4 is 0 Å². The molecule has 1 saturated heterocycles. The average Bonchev–Trinajstić information content (AvgIpc) is 3.31. The van der Waals surface area contributed by atoms with Gasteiger partial charge in [-0.1, -0.05) is 30.3 Å². The fourth-order valence-electron chi connectivity index (χ4n) is 2.92. The summed E-state index contributed by atoms with van der Waals surface area (Å²) in [6.45, 7) is 0. The van der Waals surface area contributed by atoms with Gasteiger partial charge in [-0.15, -0.1) is 0 Å². The second kappa shape index (κ2) is 4.24. The third kappa shape index (κ3) is 1.65. The Hall–Kier alpha value is -2.51. The molecule has 2 aliphatic heterocycles. The van der Waals surface area contributed by atoms with E-state index in [9.17, 15) is 5.26 Å². The number of methoxy groups -OCH3 is 1. The zero-order chi connectivity index (χ0) is 14.4. The van der Waals surface area contributed by atoms with E-state index in [-0.39, 0.29) is 12.2 Å². The molecule has 4 rings (SSSR count). The molecule has 0 saturated carbocycles. The number of para-hydroxylation sites is 1. The summed E-state index contributed by atoms with van der Waals surface area (Å²) in [4.78, 5) is 0. The molecule has 0 spiro atoms. The van der Waals surface area contributed by atoms with Crippen molar-refractivity contribution in [2.45, 2.75) is 17.8 Å². The molecule has 2 aromatic carbocycles. The largest absolute Gasteiger partial charge is 0.497 e. The minimum absolute atomic E-state index is 0.259. The van der Waals surface area contributed by atoms with Crippen molar-refractivity contribution < 1.29 is 14.2 Å². The highest BCUT2D eigenvalue weighted by Gasteiger charge is 2.67. The van der Waals surface area contributed by atoms with E-state index in [0.717, 1.165) is 16.9 Å². The number of hydrogen-bond acceptors (Lipinski definition) is 4. The molecule has 2 heterocycles. The molecule has 0 aromatic heterocycles. The van der Waals surface area contributed by atoms with Gasteiger partial charge in [0.05, 0.1) is 7.11 Å². The number of rotatable bonds is 2. The van der Waals surface area contributed by atoms with Crippen LogP contribution in [0.5, 0.6) is 11.5 Å². The molecule has 0 aliphatic carbocycles. The van der Waals surface area contributed by atoms with Crippen molar-refractivity contribution in [2.75, 3.05) is 7.11 Å². The molecule has 3 atom stereocenters. The van der Waals surface area contributed by atoms with Gasteiger partial charge < -0.3 is 14.2 Å². The Kier molecular flexibility index (Phi) is 2.47. The van der Waals surface area contributed by atoms with Crippen molar-refractivity contribution in [3.8, 4) is 17.6 Å². The lowest BCUT2D eigenvalue weighted by molar-refractivity contribution is 0.161. The van der Waals surface area contributed by atoms with Gasteiger partial charge in [0, 0.05) is 5.56 Å². The van der Waals surface area contributed by atoms with Crippen molar-refractivity contribution in [3.05, 3.63) is 59.7 Å². The summed E-state index contributed by atoms with van der Waals surface area (Å²) in [6, 6.07) is 17.5. The average molecular weight is 279 g/mol. The van der Waals surface area contributed by atoms with Crippen LogP contribution in [0, 0.1) is 11.3 Å². The first kappa shape index (κ1) is 12.2. The molecule has 2 aliphatic rings. The first-order valence-electron chi connectivity index (χ1n) is 6.78. The topological polar surface area (TPSA) is 54.8 Å². The molecular formula is C17H13NO3. The summed E-state index contributed by atoms with van der Waals surface area (Å²) in [5.74, 6) is 1.51. The van der Waals surface area contributed by atoms with Gasteiger partial charge in [0.25, 0.3) is 0 Å². The van der Waals surface area contributed by atoms with Gasteiger partial charge in [-0.2, -0.15) is 5.26 Å². The first-order chi connectivity index (χ1) is 10.3. The highest BCUT2D eigenvalue weighted by Crippen LogP contribution is 2.58. The van der Waals surface area contributed by atoms with Gasteiger partial charge in [0.1, 0.15) is 23.7 Å². The molecule has 4 heteroatoms. The third-order valence-corrected chi connectivity index (χ3v) is 4.08. The highest BCUT2D eigenvalue weighted by molar-refractivity contribution is 5.51. The van der Waals surface area contributed by atoms with E-state index in [1.165, 1.54) is 0 Å². The monoisotopic (exact) mass is 279 g/mol. The lowest BCUT2D eigenvalue weighted by atomic mass is 9.88. The molecule has 0 radical (unpaired) electrons. The van der Waals surface area contributed by atoms with Crippen LogP contribution in [0.25, 0.3) is 0 Å². The fourth-order valence-corrected chi connectivity index (χ4v) is 2.92. The maximum absolute atomic E-state index is 9.54. The zero-order valence-electron chi connectivity index (χ0n) is 11.4. The van der Waals surface area contributed by atoms with Crippen LogP contribution in [0.15, 0.2) is 48.5 Å². The van der Waals surface area contributed by atoms with Crippen LogP contribution in [0.3, 0.4) is 0 Å². The molecule has 0 amide bonds. The third-order valence-electron chi connectivity index (χ3n) is 4.08. The second-order valence-electron chi connectivity index (χ2n) is 5.19. The molecule has 4 nitrogen and oxygen atoms in total. The summed E-state index contributed by atoms with van der Waals surface area (Å²) in [6.07, 6.45) is -0.531. The number of ether oxygens (including phenoxy) is 3. The lowest BCUT2D eigenvalue weighted by Gasteiger charge is -2.25. The maximum Gasteiger partial charge on any atom is 0.213 e. The van der Waals surface area contributed by atoms with Gasteiger partial charge in [-0.25, -0.2) is 0 Å². The first-order valence-corrected chi connectivity index (χ1v) is 6.78. The van der Waals surface area contributed by atoms with Crippen molar-refractivity contribution in [2.24, 2.45) is 0 Å². The summed E-state index contributed by atoms with van der Waals surface area (Å²) in [5, 5.41) is 9.54. The summed E-state index contributed by atoms with van der Waals surface area (Å²) in [7, 11) is 1.63. The summed E-state index contributed by atoms with van der Waals surface area (Å²) < 4.78 is 17.0. The SMILES string of the molecule is COc1ccc([C@H]2Oc3ccccc3[C@@]3(C#N)O[C@@H]23)cc1. The van der Waals surface area contributed by atoms with Gasteiger partial charge in [0.15, 0.2) is 6.10 Å². The minimum atomic E-state index is -0.862. The molecule has 1 fully saturated rings. The quantitative estimate of drug-likeness (QED) is 0.793. The fraction of sp³-hybridized carbons (Fsp3) is 0.235. The van der Waals surface area contributed by atoms with Crippen LogP contribution >= 0.6 is 0 Å². The minimum Gasteiger partial charge on any atom is -0.497 e. The molecule has 0 N–H and O–H groups in total. The van der Waals surface area contributed by atoms with Gasteiger partial charge in [-0.05, 0) is 23.8 Å². The van der Waals surface area contributed by atoms with Crippen LogP contribution < -0.4 is 9.47 Å².